The molecule has 0 amide bonds. The molecule has 1 aliphatic carbocycles. The van der Waals surface area contributed by atoms with E-state index < -0.39 is 10.0 Å². The molecule has 7 nitrogen and oxygen atoms in total. The Hall–Kier alpha value is -2.09. The second kappa shape index (κ2) is 5.72. The zero-order chi connectivity index (χ0) is 15.6. The maximum atomic E-state index is 12.0. The van der Waals surface area contributed by atoms with E-state index in [1.165, 1.54) is 18.5 Å². The highest BCUT2D eigenvalue weighted by atomic mass is 32.2. The van der Waals surface area contributed by atoms with Gasteiger partial charge in [-0.25, -0.2) is 0 Å². The molecule has 0 spiro atoms. The predicted octanol–water partition coefficient (Wildman–Crippen LogP) is 0.815. The lowest BCUT2D eigenvalue weighted by Crippen LogP contribution is -2.14. The Bertz CT molecular complexity index is 665. The van der Waals surface area contributed by atoms with E-state index in [1.807, 2.05) is 0 Å². The van der Waals surface area contributed by atoms with Crippen molar-refractivity contribution in [3.63, 3.8) is 0 Å². The molecule has 3 N–H and O–H groups in total. The molecule has 21 heavy (non-hydrogen) atoms. The number of amidine groups is 1. The molecular weight excluding hydrogens is 292 g/mol. The number of oxime groups is 1. The van der Waals surface area contributed by atoms with Crippen LogP contribution in [0.4, 0.5) is 0 Å². The van der Waals surface area contributed by atoms with E-state index in [2.05, 4.69) is 9.55 Å². The molecule has 2 rings (SSSR count). The highest BCUT2D eigenvalue weighted by Gasteiger charge is 2.41. The van der Waals surface area contributed by atoms with Gasteiger partial charge in [-0.2, -0.15) is 8.42 Å². The van der Waals surface area contributed by atoms with E-state index >= 15 is 0 Å². The molecule has 0 bridgehead atoms. The Morgan fingerprint density at radius 2 is 2.00 bits per heavy atom. The molecule has 0 saturated heterocycles. The van der Waals surface area contributed by atoms with E-state index in [-0.39, 0.29) is 22.6 Å². The van der Waals surface area contributed by atoms with Gasteiger partial charge >= 0.3 is 0 Å². The maximum Gasteiger partial charge on any atom is 0.283 e. The van der Waals surface area contributed by atoms with Crippen LogP contribution < -0.4 is 5.73 Å². The van der Waals surface area contributed by atoms with Crippen molar-refractivity contribution in [2.45, 2.75) is 17.2 Å². The monoisotopic (exact) mass is 310 g/mol. The second-order valence-corrected chi connectivity index (χ2v) is 6.83. The fourth-order valence-electron chi connectivity index (χ4n) is 2.07. The quantitative estimate of drug-likeness (QED) is 0.362. The van der Waals surface area contributed by atoms with Crippen LogP contribution in [0, 0.1) is 5.92 Å². The lowest BCUT2D eigenvalue weighted by Gasteiger charge is -2.04. The van der Waals surface area contributed by atoms with E-state index in [1.54, 1.807) is 31.1 Å². The lowest BCUT2D eigenvalue weighted by atomic mass is 10.1. The summed E-state index contributed by atoms with van der Waals surface area (Å²) < 4.78 is 27.5. The van der Waals surface area contributed by atoms with Crippen LogP contribution in [0.25, 0.3) is 0 Å². The molecule has 1 saturated carbocycles. The summed E-state index contributed by atoms with van der Waals surface area (Å²) in [5.74, 6) is 0.430. The van der Waals surface area contributed by atoms with Gasteiger partial charge in [-0.05, 0) is 30.0 Å². The summed E-state index contributed by atoms with van der Waals surface area (Å²) in [4.78, 5) is 1.70. The SMILES string of the molecule is CN(C)/C=N/S(=O)(=O)c1ccc([C@@H]2C[C@H]2/C(N)=N/O)cc1. The van der Waals surface area contributed by atoms with Gasteiger partial charge in [0.15, 0.2) is 0 Å². The van der Waals surface area contributed by atoms with Crippen molar-refractivity contribution in [3.8, 4) is 0 Å². The predicted molar refractivity (Wildman–Crippen MR) is 80.1 cm³/mol. The van der Waals surface area contributed by atoms with Crippen LogP contribution in [0.2, 0.25) is 0 Å². The van der Waals surface area contributed by atoms with Gasteiger partial charge in [-0.3, -0.25) is 0 Å². The topological polar surface area (TPSA) is 108 Å². The van der Waals surface area contributed by atoms with Crippen LogP contribution in [0.1, 0.15) is 17.9 Å². The Labute approximate surface area is 123 Å². The zero-order valence-electron chi connectivity index (χ0n) is 11.8. The summed E-state index contributed by atoms with van der Waals surface area (Å²) in [5, 5.41) is 11.6. The summed E-state index contributed by atoms with van der Waals surface area (Å²) >= 11 is 0. The minimum absolute atomic E-state index is 0.0317. The van der Waals surface area contributed by atoms with Gasteiger partial charge in [-0.1, -0.05) is 17.3 Å². The minimum atomic E-state index is -3.67. The van der Waals surface area contributed by atoms with Crippen LogP contribution in [0.5, 0.6) is 0 Å². The van der Waals surface area contributed by atoms with Crippen molar-refractivity contribution in [2.24, 2.45) is 21.2 Å². The average molecular weight is 310 g/mol. The summed E-state index contributed by atoms with van der Waals surface area (Å²) in [7, 11) is -0.279. The smallest absolute Gasteiger partial charge is 0.283 e. The first-order valence-electron chi connectivity index (χ1n) is 6.39. The van der Waals surface area contributed by atoms with Crippen LogP contribution in [-0.2, 0) is 10.0 Å². The van der Waals surface area contributed by atoms with Crippen molar-refractivity contribution < 1.29 is 13.6 Å². The van der Waals surface area contributed by atoms with Crippen molar-refractivity contribution in [1.29, 1.82) is 0 Å². The van der Waals surface area contributed by atoms with Gasteiger partial charge in [0.25, 0.3) is 10.0 Å². The summed E-state index contributed by atoms with van der Waals surface area (Å²) in [6.07, 6.45) is 2.05. The zero-order valence-corrected chi connectivity index (χ0v) is 12.7. The third-order valence-corrected chi connectivity index (χ3v) is 4.55. The fraction of sp³-hybridized carbons (Fsp3) is 0.385. The summed E-state index contributed by atoms with van der Waals surface area (Å²) in [5.41, 5.74) is 6.53. The van der Waals surface area contributed by atoms with E-state index in [9.17, 15) is 8.42 Å². The largest absolute Gasteiger partial charge is 0.409 e. The number of hydrogen-bond acceptors (Lipinski definition) is 4. The van der Waals surface area contributed by atoms with Crippen molar-refractivity contribution in [1.82, 2.24) is 4.90 Å². The van der Waals surface area contributed by atoms with Crippen LogP contribution >= 0.6 is 0 Å². The van der Waals surface area contributed by atoms with Gasteiger partial charge in [0.2, 0.25) is 0 Å². The van der Waals surface area contributed by atoms with Crippen LogP contribution in [0.15, 0.2) is 38.7 Å². The van der Waals surface area contributed by atoms with Crippen molar-refractivity contribution in [2.75, 3.05) is 14.1 Å². The normalized spacial score (nSPS) is 22.5. The first-order valence-corrected chi connectivity index (χ1v) is 7.83. The Kier molecular flexibility index (Phi) is 4.17. The van der Waals surface area contributed by atoms with Crippen molar-refractivity contribution >= 4 is 22.2 Å². The molecule has 114 valence electrons. The maximum absolute atomic E-state index is 12.0. The number of rotatable bonds is 5. The molecule has 0 aliphatic heterocycles. The first-order chi connectivity index (χ1) is 9.85. The molecule has 0 aromatic heterocycles. The van der Waals surface area contributed by atoms with Gasteiger partial charge in [0.05, 0.1) is 4.90 Å². The first kappa shape index (κ1) is 15.3. The third-order valence-electron chi connectivity index (χ3n) is 3.31. The molecule has 1 aromatic rings. The van der Waals surface area contributed by atoms with E-state index in [0.29, 0.717) is 0 Å². The molecule has 0 radical (unpaired) electrons. The number of nitrogens with zero attached hydrogens (tertiary/aromatic N) is 3. The minimum Gasteiger partial charge on any atom is -0.409 e. The highest BCUT2D eigenvalue weighted by Crippen LogP contribution is 2.47. The molecule has 2 atom stereocenters. The van der Waals surface area contributed by atoms with Gasteiger partial charge in [0, 0.05) is 20.0 Å². The van der Waals surface area contributed by atoms with E-state index in [0.717, 1.165) is 12.0 Å². The summed E-state index contributed by atoms with van der Waals surface area (Å²) in [6, 6.07) is 6.54. The van der Waals surface area contributed by atoms with Crippen molar-refractivity contribution in [3.05, 3.63) is 29.8 Å². The Morgan fingerprint density at radius 3 is 2.52 bits per heavy atom. The van der Waals surface area contributed by atoms with Crippen LogP contribution in [-0.4, -0.2) is 44.8 Å². The lowest BCUT2D eigenvalue weighted by molar-refractivity contribution is 0.316. The second-order valence-electron chi connectivity index (χ2n) is 5.20. The van der Waals surface area contributed by atoms with Gasteiger partial charge in [-0.15, -0.1) is 4.40 Å². The molecule has 1 aromatic carbocycles. The van der Waals surface area contributed by atoms with Gasteiger partial charge < -0.3 is 15.8 Å². The fourth-order valence-corrected chi connectivity index (χ4v) is 2.98. The van der Waals surface area contributed by atoms with Gasteiger partial charge in [0.1, 0.15) is 12.2 Å². The highest BCUT2D eigenvalue weighted by molar-refractivity contribution is 7.90. The summed E-state index contributed by atoms with van der Waals surface area (Å²) in [6.45, 7) is 0. The van der Waals surface area contributed by atoms with E-state index in [4.69, 9.17) is 10.9 Å². The molecule has 0 heterocycles. The Morgan fingerprint density at radius 1 is 1.38 bits per heavy atom. The standard InChI is InChI=1S/C13H18N4O3S/c1-17(2)8-15-21(19,20)10-5-3-9(4-6-10)11-7-12(11)13(14)16-18/h3-6,8,11-12,18H,7H2,1-2H3,(H2,14,16)/b15-8+/t11-,12+/m0/s1. The number of sulfonamides is 1. The molecular formula is C13H18N4O3S. The molecule has 8 heteroatoms. The third kappa shape index (κ3) is 3.52. The number of nitrogens with two attached hydrogens (primary N) is 1. The Balaban J connectivity index is 2.14. The molecule has 1 fully saturated rings. The number of benzene rings is 1. The molecule has 1 aliphatic rings. The molecule has 0 unspecified atom stereocenters. The average Bonchev–Trinajstić information content (AvgIpc) is 3.25. The van der Waals surface area contributed by atoms with Crippen LogP contribution in [0.3, 0.4) is 0 Å². The number of hydrogen-bond donors (Lipinski definition) is 2.